The first kappa shape index (κ1) is 15.2. The van der Waals surface area contributed by atoms with E-state index in [4.69, 9.17) is 0 Å². The van der Waals surface area contributed by atoms with Crippen LogP contribution in [0.25, 0.3) is 0 Å². The molecule has 0 saturated carbocycles. The zero-order valence-electron chi connectivity index (χ0n) is 12.0. The number of nitrogens with one attached hydrogen (secondary N) is 1. The Labute approximate surface area is 128 Å². The highest BCUT2D eigenvalue weighted by Crippen LogP contribution is 2.27. The van der Waals surface area contributed by atoms with E-state index in [1.807, 2.05) is 13.1 Å². The second-order valence-corrected chi connectivity index (χ2v) is 5.91. The van der Waals surface area contributed by atoms with Crippen LogP contribution in [0.1, 0.15) is 28.3 Å². The first-order chi connectivity index (χ1) is 9.52. The zero-order valence-corrected chi connectivity index (χ0v) is 13.6. The van der Waals surface area contributed by atoms with Crippen molar-refractivity contribution in [3.63, 3.8) is 0 Å². The molecule has 2 rings (SSSR count). The molecule has 0 radical (unpaired) electrons. The van der Waals surface area contributed by atoms with Gasteiger partial charge < -0.3 is 5.32 Å². The Kier molecular flexibility index (Phi) is 4.95. The minimum Gasteiger partial charge on any atom is -0.313 e. The summed E-state index contributed by atoms with van der Waals surface area (Å²) < 4.78 is 14.2. The van der Waals surface area contributed by atoms with Crippen molar-refractivity contribution in [3.05, 3.63) is 68.9 Å². The van der Waals surface area contributed by atoms with E-state index in [9.17, 15) is 4.39 Å². The van der Waals surface area contributed by atoms with Crippen LogP contribution >= 0.6 is 15.9 Å². The number of hydrogen-bond acceptors (Lipinski definition) is 1. The third-order valence-electron chi connectivity index (χ3n) is 3.61. The quantitative estimate of drug-likeness (QED) is 0.853. The van der Waals surface area contributed by atoms with Crippen molar-refractivity contribution >= 4 is 15.9 Å². The summed E-state index contributed by atoms with van der Waals surface area (Å²) in [5, 5.41) is 3.34. The Balaban J connectivity index is 2.34. The lowest BCUT2D eigenvalue weighted by Crippen LogP contribution is -2.20. The van der Waals surface area contributed by atoms with Crippen LogP contribution in [0.15, 0.2) is 40.9 Å². The maximum Gasteiger partial charge on any atom is 0.137 e. The van der Waals surface area contributed by atoms with Crippen LogP contribution in [0.2, 0.25) is 0 Å². The van der Waals surface area contributed by atoms with E-state index >= 15 is 0 Å². The molecule has 0 amide bonds. The largest absolute Gasteiger partial charge is 0.313 e. The molecule has 0 aliphatic rings. The molecule has 0 aromatic heterocycles. The van der Waals surface area contributed by atoms with Gasteiger partial charge in [-0.1, -0.05) is 35.9 Å². The molecule has 106 valence electrons. The minimum atomic E-state index is -0.210. The van der Waals surface area contributed by atoms with Crippen molar-refractivity contribution in [2.75, 3.05) is 7.05 Å². The number of benzene rings is 2. The van der Waals surface area contributed by atoms with Crippen molar-refractivity contribution in [1.82, 2.24) is 5.32 Å². The number of hydrogen-bond donors (Lipinski definition) is 1. The Hall–Kier alpha value is -1.19. The molecule has 1 atom stereocenters. The Morgan fingerprint density at radius 2 is 1.95 bits per heavy atom. The number of aryl methyl sites for hydroxylation is 2. The Morgan fingerprint density at radius 3 is 2.65 bits per heavy atom. The van der Waals surface area contributed by atoms with E-state index in [0.29, 0.717) is 4.47 Å². The fourth-order valence-electron chi connectivity index (χ4n) is 2.43. The molecule has 2 aromatic carbocycles. The van der Waals surface area contributed by atoms with E-state index in [1.165, 1.54) is 22.8 Å². The highest BCUT2D eigenvalue weighted by atomic mass is 79.9. The second-order valence-electron chi connectivity index (χ2n) is 5.12. The summed E-state index contributed by atoms with van der Waals surface area (Å²) in [5.74, 6) is -0.210. The maximum absolute atomic E-state index is 13.6. The van der Waals surface area contributed by atoms with Gasteiger partial charge in [-0.25, -0.2) is 4.39 Å². The van der Waals surface area contributed by atoms with Crippen molar-refractivity contribution < 1.29 is 4.39 Å². The molecule has 0 saturated heterocycles. The van der Waals surface area contributed by atoms with Crippen LogP contribution in [-0.2, 0) is 6.42 Å². The maximum atomic E-state index is 13.6. The monoisotopic (exact) mass is 335 g/mol. The third kappa shape index (κ3) is 3.28. The normalized spacial score (nSPS) is 12.4. The van der Waals surface area contributed by atoms with Crippen molar-refractivity contribution in [1.29, 1.82) is 0 Å². The smallest absolute Gasteiger partial charge is 0.137 e. The number of halogens is 2. The summed E-state index contributed by atoms with van der Waals surface area (Å²) in [6.07, 6.45) is 0.749. The molecule has 0 spiro atoms. The number of likely N-dealkylation sites (N-methyl/N-ethyl adjacent to an activating group) is 1. The summed E-state index contributed by atoms with van der Waals surface area (Å²) >= 11 is 3.34. The molecule has 2 aromatic rings. The Bertz CT molecular complexity index is 610. The van der Waals surface area contributed by atoms with Gasteiger partial charge in [0.1, 0.15) is 5.82 Å². The molecule has 0 heterocycles. The lowest BCUT2D eigenvalue weighted by atomic mass is 9.94. The van der Waals surface area contributed by atoms with Crippen LogP contribution < -0.4 is 5.32 Å². The summed E-state index contributed by atoms with van der Waals surface area (Å²) in [6.45, 7) is 4.20. The van der Waals surface area contributed by atoms with Crippen LogP contribution in [0.4, 0.5) is 4.39 Å². The molecule has 1 N–H and O–H groups in total. The van der Waals surface area contributed by atoms with E-state index in [2.05, 4.69) is 53.3 Å². The molecule has 0 bridgehead atoms. The average Bonchev–Trinajstić information content (AvgIpc) is 2.43. The summed E-state index contributed by atoms with van der Waals surface area (Å²) in [5.41, 5.74) is 4.74. The van der Waals surface area contributed by atoms with Gasteiger partial charge in [0.2, 0.25) is 0 Å². The average molecular weight is 336 g/mol. The van der Waals surface area contributed by atoms with Gasteiger partial charge in [0.25, 0.3) is 0 Å². The first-order valence-corrected chi connectivity index (χ1v) is 7.49. The van der Waals surface area contributed by atoms with E-state index in [-0.39, 0.29) is 11.9 Å². The molecule has 1 nitrogen and oxygen atoms in total. The van der Waals surface area contributed by atoms with Crippen LogP contribution in [0.3, 0.4) is 0 Å². The molecule has 20 heavy (non-hydrogen) atoms. The molecular weight excluding hydrogens is 317 g/mol. The van der Waals surface area contributed by atoms with Gasteiger partial charge in [0.15, 0.2) is 0 Å². The predicted octanol–water partition coefficient (Wildman–Crippen LogP) is 4.71. The SMILES string of the molecule is CNC(Cc1cccc(F)c1Br)c1cc(C)ccc1C. The minimum absolute atomic E-state index is 0.174. The topological polar surface area (TPSA) is 12.0 Å². The molecule has 0 aliphatic heterocycles. The lowest BCUT2D eigenvalue weighted by Gasteiger charge is -2.20. The summed E-state index contributed by atoms with van der Waals surface area (Å²) in [6, 6.07) is 11.8. The van der Waals surface area contributed by atoms with Crippen molar-refractivity contribution in [2.45, 2.75) is 26.3 Å². The highest BCUT2D eigenvalue weighted by molar-refractivity contribution is 9.10. The third-order valence-corrected chi connectivity index (χ3v) is 4.50. The van der Waals surface area contributed by atoms with Gasteiger partial charge in [-0.3, -0.25) is 0 Å². The molecule has 0 fully saturated rings. The predicted molar refractivity (Wildman–Crippen MR) is 85.5 cm³/mol. The van der Waals surface area contributed by atoms with Gasteiger partial charge in [0.05, 0.1) is 4.47 Å². The fraction of sp³-hybridized carbons (Fsp3) is 0.294. The number of rotatable bonds is 4. The van der Waals surface area contributed by atoms with Crippen LogP contribution in [0.5, 0.6) is 0 Å². The van der Waals surface area contributed by atoms with Gasteiger partial charge >= 0.3 is 0 Å². The lowest BCUT2D eigenvalue weighted by molar-refractivity contribution is 0.577. The van der Waals surface area contributed by atoms with Crippen LogP contribution in [-0.4, -0.2) is 7.05 Å². The van der Waals surface area contributed by atoms with Gasteiger partial charge in [0, 0.05) is 6.04 Å². The Morgan fingerprint density at radius 1 is 1.20 bits per heavy atom. The van der Waals surface area contributed by atoms with E-state index in [1.54, 1.807) is 6.07 Å². The second kappa shape index (κ2) is 6.51. The summed E-state index contributed by atoms with van der Waals surface area (Å²) in [4.78, 5) is 0. The van der Waals surface area contributed by atoms with Gasteiger partial charge in [-0.15, -0.1) is 0 Å². The van der Waals surface area contributed by atoms with Crippen molar-refractivity contribution in [3.8, 4) is 0 Å². The first-order valence-electron chi connectivity index (χ1n) is 6.70. The van der Waals surface area contributed by atoms with Crippen LogP contribution in [0, 0.1) is 19.7 Å². The van der Waals surface area contributed by atoms with E-state index in [0.717, 1.165) is 12.0 Å². The molecular formula is C17H19BrFN. The zero-order chi connectivity index (χ0) is 14.7. The molecule has 0 aliphatic carbocycles. The fourth-order valence-corrected chi connectivity index (χ4v) is 2.86. The van der Waals surface area contributed by atoms with Crippen molar-refractivity contribution in [2.24, 2.45) is 0 Å². The highest BCUT2D eigenvalue weighted by Gasteiger charge is 2.15. The molecule has 1 unspecified atom stereocenters. The van der Waals surface area contributed by atoms with Gasteiger partial charge in [-0.2, -0.15) is 0 Å². The van der Waals surface area contributed by atoms with E-state index < -0.39 is 0 Å². The van der Waals surface area contributed by atoms with Gasteiger partial charge in [-0.05, 0) is 66.0 Å². The summed E-state index contributed by atoms with van der Waals surface area (Å²) in [7, 11) is 1.94. The standard InChI is InChI=1S/C17H19BrFN/c1-11-7-8-12(2)14(9-11)16(20-3)10-13-5-4-6-15(19)17(13)18/h4-9,16,20H,10H2,1-3H3. The molecule has 3 heteroatoms.